The molecule has 0 fully saturated rings. The van der Waals surface area contributed by atoms with Crippen LogP contribution in [0.25, 0.3) is 27.8 Å². The number of carboxylic acids is 1. The molecule has 1 aromatic heterocycles. The van der Waals surface area contributed by atoms with Crippen molar-refractivity contribution < 1.29 is 9.90 Å². The minimum atomic E-state index is -0.942. The summed E-state index contributed by atoms with van der Waals surface area (Å²) in [5.41, 5.74) is 4.98. The number of rotatable bonds is 3. The van der Waals surface area contributed by atoms with Gasteiger partial charge in [0.1, 0.15) is 6.33 Å². The Morgan fingerprint density at radius 2 is 1.67 bits per heavy atom. The largest absolute Gasteiger partial charge is 0.478 e. The van der Waals surface area contributed by atoms with E-state index < -0.39 is 5.97 Å². The summed E-state index contributed by atoms with van der Waals surface area (Å²) in [6.45, 7) is 0. The van der Waals surface area contributed by atoms with E-state index in [0.717, 1.165) is 27.8 Å². The molecule has 0 aliphatic heterocycles. The second-order valence-electron chi connectivity index (χ2n) is 5.54. The molecule has 1 heterocycles. The lowest BCUT2D eigenvalue weighted by Gasteiger charge is -2.08. The Kier molecular flexibility index (Phi) is 3.35. The summed E-state index contributed by atoms with van der Waals surface area (Å²) in [6.07, 6.45) is 1.72. The highest BCUT2D eigenvalue weighted by molar-refractivity contribution is 5.92. The summed E-state index contributed by atoms with van der Waals surface area (Å²) in [5, 5.41) is 9.21. The van der Waals surface area contributed by atoms with Crippen molar-refractivity contribution in [2.45, 2.75) is 0 Å². The van der Waals surface area contributed by atoms with Crippen molar-refractivity contribution in [2.75, 3.05) is 0 Å². The molecular weight excluding hydrogens is 300 g/mol. The molecule has 116 valence electrons. The van der Waals surface area contributed by atoms with Crippen LogP contribution < -0.4 is 0 Å². The van der Waals surface area contributed by atoms with Crippen LogP contribution >= 0.6 is 0 Å². The maximum atomic E-state index is 11.2. The highest BCUT2D eigenvalue weighted by Crippen LogP contribution is 2.25. The second kappa shape index (κ2) is 5.66. The van der Waals surface area contributed by atoms with Gasteiger partial charge >= 0.3 is 5.97 Å². The molecule has 0 atom stereocenters. The average Bonchev–Trinajstić information content (AvgIpc) is 3.05. The van der Waals surface area contributed by atoms with Crippen LogP contribution in [0.1, 0.15) is 10.4 Å². The van der Waals surface area contributed by atoms with Gasteiger partial charge in [0.2, 0.25) is 0 Å². The molecule has 0 radical (unpaired) electrons. The number of nitrogens with zero attached hydrogens (tertiary/aromatic N) is 2. The van der Waals surface area contributed by atoms with Gasteiger partial charge in [-0.2, -0.15) is 0 Å². The number of aromatic carboxylic acids is 1. The number of benzene rings is 3. The van der Waals surface area contributed by atoms with Gasteiger partial charge in [0.15, 0.2) is 0 Å². The van der Waals surface area contributed by atoms with Crippen LogP contribution in [0.2, 0.25) is 0 Å². The van der Waals surface area contributed by atoms with Gasteiger partial charge in [-0.15, -0.1) is 0 Å². The van der Waals surface area contributed by atoms with E-state index in [4.69, 9.17) is 0 Å². The predicted molar refractivity (Wildman–Crippen MR) is 93.5 cm³/mol. The van der Waals surface area contributed by atoms with Gasteiger partial charge < -0.3 is 5.11 Å². The van der Waals surface area contributed by atoms with Crippen molar-refractivity contribution in [1.29, 1.82) is 0 Å². The predicted octanol–water partition coefficient (Wildman–Crippen LogP) is 4.39. The standard InChI is InChI=1S/C20H14N2O2/c23-20(24)16-9-10-18-19(12-16)22(13-21-18)17-8-4-7-15(11-17)14-5-2-1-3-6-14/h1-13H,(H,23,24). The van der Waals surface area contributed by atoms with Crippen molar-refractivity contribution in [1.82, 2.24) is 9.55 Å². The number of aromatic nitrogens is 2. The van der Waals surface area contributed by atoms with Crippen LogP contribution in [-0.2, 0) is 0 Å². The van der Waals surface area contributed by atoms with Crippen molar-refractivity contribution in [2.24, 2.45) is 0 Å². The van der Waals surface area contributed by atoms with E-state index in [9.17, 15) is 9.90 Å². The molecule has 4 aromatic rings. The number of fused-ring (bicyclic) bond motifs is 1. The Labute approximate surface area is 138 Å². The number of carbonyl (C=O) groups is 1. The highest BCUT2D eigenvalue weighted by atomic mass is 16.4. The summed E-state index contributed by atoms with van der Waals surface area (Å²) in [5.74, 6) is -0.942. The summed E-state index contributed by atoms with van der Waals surface area (Å²) in [6, 6.07) is 23.2. The molecule has 0 saturated carbocycles. The van der Waals surface area contributed by atoms with E-state index in [-0.39, 0.29) is 5.56 Å². The quantitative estimate of drug-likeness (QED) is 0.610. The van der Waals surface area contributed by atoms with Gasteiger partial charge in [-0.05, 0) is 41.5 Å². The molecule has 4 heteroatoms. The zero-order chi connectivity index (χ0) is 16.5. The van der Waals surface area contributed by atoms with E-state index in [0.29, 0.717) is 0 Å². The third kappa shape index (κ3) is 2.44. The van der Waals surface area contributed by atoms with Crippen molar-refractivity contribution in [3.63, 3.8) is 0 Å². The Bertz CT molecular complexity index is 1040. The first-order valence-electron chi connectivity index (χ1n) is 7.59. The van der Waals surface area contributed by atoms with E-state index in [1.807, 2.05) is 34.9 Å². The van der Waals surface area contributed by atoms with Gasteiger partial charge in [-0.1, -0.05) is 42.5 Å². The van der Waals surface area contributed by atoms with Crippen LogP contribution in [0.5, 0.6) is 0 Å². The molecule has 0 aliphatic rings. The normalized spacial score (nSPS) is 10.8. The van der Waals surface area contributed by atoms with E-state index >= 15 is 0 Å². The van der Waals surface area contributed by atoms with Gasteiger partial charge in [0, 0.05) is 5.69 Å². The Morgan fingerprint density at radius 1 is 0.875 bits per heavy atom. The number of hydrogen-bond donors (Lipinski definition) is 1. The molecule has 3 aromatic carbocycles. The molecular formula is C20H14N2O2. The minimum Gasteiger partial charge on any atom is -0.478 e. The fourth-order valence-corrected chi connectivity index (χ4v) is 2.81. The first kappa shape index (κ1) is 14.2. The summed E-state index contributed by atoms with van der Waals surface area (Å²) in [7, 11) is 0. The fourth-order valence-electron chi connectivity index (χ4n) is 2.81. The first-order chi connectivity index (χ1) is 11.7. The van der Waals surface area contributed by atoms with Crippen LogP contribution in [0.3, 0.4) is 0 Å². The van der Waals surface area contributed by atoms with Gasteiger partial charge in [-0.25, -0.2) is 9.78 Å². The molecule has 0 aliphatic carbocycles. The third-order valence-corrected chi connectivity index (χ3v) is 4.03. The molecule has 1 N–H and O–H groups in total. The van der Waals surface area contributed by atoms with Gasteiger partial charge in [0.25, 0.3) is 0 Å². The van der Waals surface area contributed by atoms with E-state index in [1.54, 1.807) is 24.5 Å². The smallest absolute Gasteiger partial charge is 0.335 e. The SMILES string of the molecule is O=C(O)c1ccc2ncn(-c3cccc(-c4ccccc4)c3)c2c1. The monoisotopic (exact) mass is 314 g/mol. The summed E-state index contributed by atoms with van der Waals surface area (Å²) >= 11 is 0. The zero-order valence-corrected chi connectivity index (χ0v) is 12.8. The van der Waals surface area contributed by atoms with Crippen LogP contribution in [0.4, 0.5) is 0 Å². The molecule has 4 rings (SSSR count). The number of hydrogen-bond acceptors (Lipinski definition) is 2. The lowest BCUT2D eigenvalue weighted by atomic mass is 10.1. The van der Waals surface area contributed by atoms with Crippen molar-refractivity contribution in [3.8, 4) is 16.8 Å². The summed E-state index contributed by atoms with van der Waals surface area (Å²) < 4.78 is 1.91. The van der Waals surface area contributed by atoms with Gasteiger partial charge in [-0.3, -0.25) is 4.57 Å². The topological polar surface area (TPSA) is 55.1 Å². The third-order valence-electron chi connectivity index (χ3n) is 4.03. The number of carboxylic acid groups (broad SMARTS) is 1. The van der Waals surface area contributed by atoms with Crippen LogP contribution in [0, 0.1) is 0 Å². The van der Waals surface area contributed by atoms with Crippen molar-refractivity contribution in [3.05, 3.63) is 84.7 Å². The molecule has 24 heavy (non-hydrogen) atoms. The first-order valence-corrected chi connectivity index (χ1v) is 7.59. The highest BCUT2D eigenvalue weighted by Gasteiger charge is 2.09. The average molecular weight is 314 g/mol. The lowest BCUT2D eigenvalue weighted by molar-refractivity contribution is 0.0697. The molecule has 0 amide bonds. The van der Waals surface area contributed by atoms with Crippen molar-refractivity contribution >= 4 is 17.0 Å². The van der Waals surface area contributed by atoms with Crippen LogP contribution in [-0.4, -0.2) is 20.6 Å². The molecule has 0 saturated heterocycles. The molecule has 0 bridgehead atoms. The number of imidazole rings is 1. The lowest BCUT2D eigenvalue weighted by Crippen LogP contribution is -1.97. The van der Waals surface area contributed by atoms with Gasteiger partial charge in [0.05, 0.1) is 16.6 Å². The Morgan fingerprint density at radius 3 is 2.46 bits per heavy atom. The summed E-state index contributed by atoms with van der Waals surface area (Å²) in [4.78, 5) is 15.6. The van der Waals surface area contributed by atoms with E-state index in [1.165, 1.54) is 0 Å². The van der Waals surface area contributed by atoms with E-state index in [2.05, 4.69) is 29.2 Å². The minimum absolute atomic E-state index is 0.253. The molecule has 4 nitrogen and oxygen atoms in total. The Balaban J connectivity index is 1.86. The molecule has 0 spiro atoms. The maximum Gasteiger partial charge on any atom is 0.335 e. The molecule has 0 unspecified atom stereocenters. The maximum absolute atomic E-state index is 11.2. The fraction of sp³-hybridized carbons (Fsp3) is 0. The van der Waals surface area contributed by atoms with Crippen LogP contribution in [0.15, 0.2) is 79.1 Å². The zero-order valence-electron chi connectivity index (χ0n) is 12.8. The second-order valence-corrected chi connectivity index (χ2v) is 5.54. The Hall–Kier alpha value is -3.40.